The van der Waals surface area contributed by atoms with Crippen LogP contribution in [-0.4, -0.2) is 39.2 Å². The summed E-state index contributed by atoms with van der Waals surface area (Å²) in [5.74, 6) is -2.07. The summed E-state index contributed by atoms with van der Waals surface area (Å²) in [5, 5.41) is 24.9. The molecule has 0 amide bonds. The van der Waals surface area contributed by atoms with Gasteiger partial charge in [-0.2, -0.15) is 0 Å². The maximum Gasteiger partial charge on any atom is 0.321 e. The summed E-state index contributed by atoms with van der Waals surface area (Å²) in [6.07, 6.45) is 0.404. The summed E-state index contributed by atoms with van der Waals surface area (Å²) < 4.78 is 0. The molecular formula is C18H20Cl2N2O4S. The molecule has 146 valence electrons. The highest BCUT2D eigenvalue weighted by Gasteiger charge is 2.27. The van der Waals surface area contributed by atoms with Gasteiger partial charge >= 0.3 is 11.9 Å². The van der Waals surface area contributed by atoms with E-state index in [2.05, 4.69) is 10.3 Å². The molecule has 0 radical (unpaired) electrons. The molecule has 0 saturated heterocycles. The molecule has 0 aliphatic heterocycles. The summed E-state index contributed by atoms with van der Waals surface area (Å²) in [4.78, 5) is 27.5. The van der Waals surface area contributed by atoms with E-state index < -0.39 is 24.0 Å². The maximum absolute atomic E-state index is 11.6. The fourth-order valence-corrected chi connectivity index (χ4v) is 3.99. The second kappa shape index (κ2) is 9.50. The summed E-state index contributed by atoms with van der Waals surface area (Å²) in [5.41, 5.74) is 1.26. The largest absolute Gasteiger partial charge is 0.480 e. The molecule has 0 aliphatic rings. The minimum atomic E-state index is -1.12. The summed E-state index contributed by atoms with van der Waals surface area (Å²) in [7, 11) is 0. The Labute approximate surface area is 171 Å². The molecule has 27 heavy (non-hydrogen) atoms. The lowest BCUT2D eigenvalue weighted by atomic mass is 10.0. The van der Waals surface area contributed by atoms with Crippen molar-refractivity contribution in [1.29, 1.82) is 0 Å². The smallest absolute Gasteiger partial charge is 0.321 e. The van der Waals surface area contributed by atoms with E-state index in [9.17, 15) is 19.8 Å². The quantitative estimate of drug-likeness (QED) is 0.550. The van der Waals surface area contributed by atoms with Crippen LogP contribution >= 0.6 is 34.5 Å². The zero-order valence-electron chi connectivity index (χ0n) is 14.8. The van der Waals surface area contributed by atoms with Gasteiger partial charge in [0.1, 0.15) is 17.1 Å². The SMILES string of the molecule is CC(C)C[C@H](NC(Cc1csc(-c2ccc(Cl)cc2Cl)n1)C(=O)O)C(=O)O. The van der Waals surface area contributed by atoms with E-state index in [1.807, 2.05) is 13.8 Å². The van der Waals surface area contributed by atoms with Crippen LogP contribution in [0.25, 0.3) is 10.6 Å². The van der Waals surface area contributed by atoms with Crippen LogP contribution in [0.3, 0.4) is 0 Å². The first-order valence-corrected chi connectivity index (χ1v) is 9.92. The van der Waals surface area contributed by atoms with Crippen molar-refractivity contribution in [2.24, 2.45) is 5.92 Å². The molecule has 1 heterocycles. The number of carboxylic acids is 2. The van der Waals surface area contributed by atoms with Crippen molar-refractivity contribution in [3.8, 4) is 10.6 Å². The molecule has 2 aromatic rings. The van der Waals surface area contributed by atoms with E-state index in [0.29, 0.717) is 32.7 Å². The molecule has 9 heteroatoms. The van der Waals surface area contributed by atoms with Crippen LogP contribution in [0.4, 0.5) is 0 Å². The zero-order valence-corrected chi connectivity index (χ0v) is 17.1. The molecule has 1 aromatic carbocycles. The second-order valence-corrected chi connectivity index (χ2v) is 8.25. The van der Waals surface area contributed by atoms with Gasteiger partial charge in [-0.25, -0.2) is 4.98 Å². The van der Waals surface area contributed by atoms with Gasteiger partial charge < -0.3 is 10.2 Å². The number of aliphatic carboxylic acids is 2. The van der Waals surface area contributed by atoms with E-state index in [0.717, 1.165) is 0 Å². The van der Waals surface area contributed by atoms with Gasteiger partial charge in [0.05, 0.1) is 10.7 Å². The molecule has 2 atom stereocenters. The Hall–Kier alpha value is -1.67. The monoisotopic (exact) mass is 430 g/mol. The fraction of sp³-hybridized carbons (Fsp3) is 0.389. The van der Waals surface area contributed by atoms with Crippen molar-refractivity contribution >= 4 is 46.5 Å². The number of benzene rings is 1. The molecule has 1 aromatic heterocycles. The highest BCUT2D eigenvalue weighted by Crippen LogP contribution is 2.32. The van der Waals surface area contributed by atoms with Crippen LogP contribution in [0.5, 0.6) is 0 Å². The third-order valence-electron chi connectivity index (χ3n) is 3.83. The van der Waals surface area contributed by atoms with E-state index in [1.165, 1.54) is 11.3 Å². The van der Waals surface area contributed by atoms with Gasteiger partial charge in [-0.1, -0.05) is 37.0 Å². The Balaban J connectivity index is 2.16. The van der Waals surface area contributed by atoms with E-state index in [1.54, 1.807) is 23.6 Å². The molecular weight excluding hydrogens is 411 g/mol. The topological polar surface area (TPSA) is 99.5 Å². The van der Waals surface area contributed by atoms with Crippen LogP contribution < -0.4 is 5.32 Å². The van der Waals surface area contributed by atoms with Crippen molar-refractivity contribution in [2.75, 3.05) is 0 Å². The summed E-state index contributed by atoms with van der Waals surface area (Å²) in [6, 6.07) is 3.08. The minimum absolute atomic E-state index is 0.0684. The van der Waals surface area contributed by atoms with Crippen molar-refractivity contribution in [3.63, 3.8) is 0 Å². The van der Waals surface area contributed by atoms with Gasteiger partial charge in [0.15, 0.2) is 0 Å². The van der Waals surface area contributed by atoms with E-state index >= 15 is 0 Å². The summed E-state index contributed by atoms with van der Waals surface area (Å²) >= 11 is 13.4. The lowest BCUT2D eigenvalue weighted by molar-refractivity contribution is -0.142. The number of halogens is 2. The second-order valence-electron chi connectivity index (χ2n) is 6.55. The van der Waals surface area contributed by atoms with Gasteiger partial charge in [0, 0.05) is 22.4 Å². The lowest BCUT2D eigenvalue weighted by Crippen LogP contribution is -2.48. The Morgan fingerprint density at radius 2 is 1.85 bits per heavy atom. The molecule has 1 unspecified atom stereocenters. The zero-order chi connectivity index (χ0) is 20.1. The molecule has 3 N–H and O–H groups in total. The van der Waals surface area contributed by atoms with E-state index in [-0.39, 0.29) is 12.3 Å². The van der Waals surface area contributed by atoms with Crippen LogP contribution in [0.2, 0.25) is 10.0 Å². The number of hydrogen-bond donors (Lipinski definition) is 3. The molecule has 0 saturated carbocycles. The predicted octanol–water partition coefficient (Wildman–Crippen LogP) is 4.20. The first-order valence-electron chi connectivity index (χ1n) is 8.28. The first-order chi connectivity index (χ1) is 12.7. The van der Waals surface area contributed by atoms with Gasteiger partial charge in [-0.15, -0.1) is 11.3 Å². The molecule has 0 bridgehead atoms. The van der Waals surface area contributed by atoms with Crippen molar-refractivity contribution in [1.82, 2.24) is 10.3 Å². The average molecular weight is 431 g/mol. The van der Waals surface area contributed by atoms with Crippen LogP contribution in [0, 0.1) is 5.92 Å². The molecule has 0 aliphatic carbocycles. The molecule has 2 rings (SSSR count). The van der Waals surface area contributed by atoms with Crippen LogP contribution in [-0.2, 0) is 16.0 Å². The highest BCUT2D eigenvalue weighted by atomic mass is 35.5. The van der Waals surface area contributed by atoms with E-state index in [4.69, 9.17) is 23.2 Å². The number of nitrogens with one attached hydrogen (secondary N) is 1. The Morgan fingerprint density at radius 1 is 1.19 bits per heavy atom. The number of thiazole rings is 1. The lowest BCUT2D eigenvalue weighted by Gasteiger charge is -2.21. The predicted molar refractivity (Wildman–Crippen MR) is 107 cm³/mol. The number of carboxylic acid groups (broad SMARTS) is 2. The van der Waals surface area contributed by atoms with Gasteiger partial charge in [-0.3, -0.25) is 14.9 Å². The van der Waals surface area contributed by atoms with Crippen molar-refractivity contribution < 1.29 is 19.8 Å². The number of rotatable bonds is 9. The van der Waals surface area contributed by atoms with Crippen LogP contribution in [0.1, 0.15) is 26.0 Å². The number of carbonyl (C=O) groups is 2. The van der Waals surface area contributed by atoms with Crippen molar-refractivity contribution in [3.05, 3.63) is 39.3 Å². The Morgan fingerprint density at radius 3 is 2.41 bits per heavy atom. The molecule has 6 nitrogen and oxygen atoms in total. The fourth-order valence-electron chi connectivity index (χ4n) is 2.57. The summed E-state index contributed by atoms with van der Waals surface area (Å²) in [6.45, 7) is 3.77. The Bertz CT molecular complexity index is 825. The number of hydrogen-bond acceptors (Lipinski definition) is 5. The third-order valence-corrected chi connectivity index (χ3v) is 5.30. The highest BCUT2D eigenvalue weighted by molar-refractivity contribution is 7.13. The standard InChI is InChI=1S/C18H20Cl2N2O4S/c1-9(2)5-14(17(23)24)22-15(18(25)26)7-11-8-27-16(21-11)12-4-3-10(19)6-13(12)20/h3-4,6,8-9,14-15,22H,5,7H2,1-2H3,(H,23,24)(H,25,26)/t14-,15?/m0/s1. The van der Waals surface area contributed by atoms with Gasteiger partial charge in [0.25, 0.3) is 0 Å². The number of nitrogens with zero attached hydrogens (tertiary/aromatic N) is 1. The Kier molecular flexibility index (Phi) is 7.61. The molecule has 0 fully saturated rings. The van der Waals surface area contributed by atoms with Crippen molar-refractivity contribution in [2.45, 2.75) is 38.8 Å². The number of aromatic nitrogens is 1. The van der Waals surface area contributed by atoms with Crippen LogP contribution in [0.15, 0.2) is 23.6 Å². The van der Waals surface area contributed by atoms with Gasteiger partial charge in [0.2, 0.25) is 0 Å². The average Bonchev–Trinajstić information content (AvgIpc) is 3.01. The third kappa shape index (κ3) is 6.17. The normalized spacial score (nSPS) is 13.5. The van der Waals surface area contributed by atoms with Gasteiger partial charge in [-0.05, 0) is 30.5 Å². The molecule has 0 spiro atoms. The maximum atomic E-state index is 11.6. The minimum Gasteiger partial charge on any atom is -0.480 e. The first kappa shape index (κ1) is 21.6.